The van der Waals surface area contributed by atoms with Crippen molar-refractivity contribution in [3.63, 3.8) is 0 Å². The first-order chi connectivity index (χ1) is 10.1. The van der Waals surface area contributed by atoms with Crippen molar-refractivity contribution in [1.82, 2.24) is 10.7 Å². The monoisotopic (exact) mass is 306 g/mol. The average Bonchev–Trinajstić information content (AvgIpc) is 2.44. The van der Waals surface area contributed by atoms with Gasteiger partial charge in [0.05, 0.1) is 13.3 Å². The third-order valence-electron chi connectivity index (χ3n) is 2.28. The van der Waals surface area contributed by atoms with Crippen LogP contribution in [0, 0.1) is 11.3 Å². The summed E-state index contributed by atoms with van der Waals surface area (Å²) in [5.74, 6) is 1.05. The Morgan fingerprint density at radius 3 is 2.86 bits per heavy atom. The maximum atomic E-state index is 8.51. The van der Waals surface area contributed by atoms with E-state index in [2.05, 4.69) is 15.8 Å². The van der Waals surface area contributed by atoms with E-state index in [0.29, 0.717) is 16.6 Å². The van der Waals surface area contributed by atoms with E-state index in [1.54, 1.807) is 24.4 Å². The Morgan fingerprint density at radius 1 is 1.48 bits per heavy atom. The minimum absolute atomic E-state index is 0.0273. The first-order valence-electron chi connectivity index (χ1n) is 6.34. The molecule has 7 heteroatoms. The minimum Gasteiger partial charge on any atom is -0.493 e. The molecule has 0 aromatic heterocycles. The number of benzene rings is 1. The van der Waals surface area contributed by atoms with E-state index in [9.17, 15) is 0 Å². The molecule has 2 N–H and O–H groups in total. The molecule has 1 aromatic carbocycles. The van der Waals surface area contributed by atoms with Gasteiger partial charge in [-0.05, 0) is 49.8 Å². The van der Waals surface area contributed by atoms with Crippen molar-refractivity contribution >= 4 is 23.5 Å². The van der Waals surface area contributed by atoms with E-state index in [1.807, 2.05) is 19.9 Å². The van der Waals surface area contributed by atoms with Crippen LogP contribution in [0.2, 0.25) is 0 Å². The van der Waals surface area contributed by atoms with E-state index in [1.165, 1.54) is 7.11 Å². The molecule has 1 aromatic rings. The van der Waals surface area contributed by atoms with Crippen LogP contribution in [0.25, 0.3) is 0 Å². The molecule has 6 nitrogen and oxygen atoms in total. The van der Waals surface area contributed by atoms with Crippen molar-refractivity contribution in [2.45, 2.75) is 19.9 Å². The third kappa shape index (κ3) is 6.10. The van der Waals surface area contributed by atoms with Crippen molar-refractivity contribution in [1.29, 1.82) is 5.26 Å². The Balaban J connectivity index is 2.68. The number of methoxy groups -OCH3 is 1. The fraction of sp³-hybridized carbons (Fsp3) is 0.357. The molecule has 0 unspecified atom stereocenters. The Hall–Kier alpha value is -2.33. The first kappa shape index (κ1) is 16.7. The molecule has 0 radical (unpaired) electrons. The Morgan fingerprint density at radius 2 is 2.24 bits per heavy atom. The molecule has 0 saturated heterocycles. The molecule has 0 bridgehead atoms. The van der Waals surface area contributed by atoms with Crippen LogP contribution in [-0.2, 0) is 0 Å². The van der Waals surface area contributed by atoms with Gasteiger partial charge in [0.25, 0.3) is 0 Å². The van der Waals surface area contributed by atoms with Gasteiger partial charge in [-0.1, -0.05) is 0 Å². The van der Waals surface area contributed by atoms with Crippen molar-refractivity contribution in [3.05, 3.63) is 23.8 Å². The van der Waals surface area contributed by atoms with Crippen LogP contribution in [0.3, 0.4) is 0 Å². The number of hydrogen-bond acceptors (Lipinski definition) is 5. The molecule has 0 fully saturated rings. The van der Waals surface area contributed by atoms with Gasteiger partial charge in [0, 0.05) is 6.04 Å². The van der Waals surface area contributed by atoms with Crippen molar-refractivity contribution in [2.75, 3.05) is 13.7 Å². The normalized spacial score (nSPS) is 10.2. The summed E-state index contributed by atoms with van der Waals surface area (Å²) in [6.07, 6.45) is 1.62. The maximum absolute atomic E-state index is 8.51. The highest BCUT2D eigenvalue weighted by molar-refractivity contribution is 7.80. The second-order valence-electron chi connectivity index (χ2n) is 4.36. The van der Waals surface area contributed by atoms with E-state index in [0.717, 1.165) is 5.56 Å². The van der Waals surface area contributed by atoms with Crippen LogP contribution >= 0.6 is 12.2 Å². The molecule has 0 amide bonds. The molecule has 0 aliphatic carbocycles. The predicted molar refractivity (Wildman–Crippen MR) is 85.7 cm³/mol. The zero-order valence-corrected chi connectivity index (χ0v) is 13.0. The molecule has 0 aliphatic rings. The molecule has 0 atom stereocenters. The first-order valence-corrected chi connectivity index (χ1v) is 6.75. The smallest absolute Gasteiger partial charge is 0.187 e. The van der Waals surface area contributed by atoms with Gasteiger partial charge in [0.2, 0.25) is 0 Å². The summed E-state index contributed by atoms with van der Waals surface area (Å²) in [5, 5.41) is 16.0. The van der Waals surface area contributed by atoms with E-state index in [4.69, 9.17) is 27.0 Å². The third-order valence-corrected chi connectivity index (χ3v) is 2.49. The van der Waals surface area contributed by atoms with Crippen LogP contribution in [0.15, 0.2) is 23.3 Å². The lowest BCUT2D eigenvalue weighted by molar-refractivity contribution is 0.329. The lowest BCUT2D eigenvalue weighted by atomic mass is 10.2. The molecule has 0 spiro atoms. The predicted octanol–water partition coefficient (Wildman–Crippen LogP) is 1.80. The molecule has 21 heavy (non-hydrogen) atoms. The number of hydrazone groups is 1. The summed E-state index contributed by atoms with van der Waals surface area (Å²) in [7, 11) is 1.54. The second kappa shape index (κ2) is 8.76. The molecular weight excluding hydrogens is 288 g/mol. The van der Waals surface area contributed by atoms with E-state index >= 15 is 0 Å². The zero-order chi connectivity index (χ0) is 15.7. The number of nitriles is 1. The van der Waals surface area contributed by atoms with Gasteiger partial charge >= 0.3 is 0 Å². The average molecular weight is 306 g/mol. The highest BCUT2D eigenvalue weighted by atomic mass is 32.1. The molecule has 1 rings (SSSR count). The Kier molecular flexibility index (Phi) is 6.98. The highest BCUT2D eigenvalue weighted by Crippen LogP contribution is 2.27. The SMILES string of the molecule is COc1cc(/C=N\NC(=S)NC(C)C)ccc1OCC#N. The van der Waals surface area contributed by atoms with Crippen molar-refractivity contribution in [2.24, 2.45) is 5.10 Å². The lowest BCUT2D eigenvalue weighted by Gasteiger charge is -2.10. The number of nitrogens with zero attached hydrogens (tertiary/aromatic N) is 2. The van der Waals surface area contributed by atoms with Gasteiger partial charge < -0.3 is 14.8 Å². The lowest BCUT2D eigenvalue weighted by Crippen LogP contribution is -2.36. The van der Waals surface area contributed by atoms with Gasteiger partial charge in [0.1, 0.15) is 6.07 Å². The second-order valence-corrected chi connectivity index (χ2v) is 4.76. The van der Waals surface area contributed by atoms with Crippen molar-refractivity contribution in [3.8, 4) is 17.6 Å². The van der Waals surface area contributed by atoms with Crippen LogP contribution in [0.5, 0.6) is 11.5 Å². The standard InChI is InChI=1S/C14H18N4O2S/c1-10(2)17-14(21)18-16-9-11-4-5-12(20-7-6-15)13(8-11)19-3/h4-5,8-10H,7H2,1-3H3,(H2,17,18,21)/b16-9-. The number of thiocarbonyl (C=S) groups is 1. The summed E-state index contributed by atoms with van der Waals surface area (Å²) in [6, 6.07) is 7.45. The van der Waals surface area contributed by atoms with Crippen LogP contribution in [0.4, 0.5) is 0 Å². The Bertz CT molecular complexity index is 552. The van der Waals surface area contributed by atoms with Gasteiger partial charge in [-0.3, -0.25) is 5.43 Å². The van der Waals surface area contributed by atoms with Gasteiger partial charge in [-0.2, -0.15) is 10.4 Å². The zero-order valence-electron chi connectivity index (χ0n) is 12.2. The van der Waals surface area contributed by atoms with Crippen LogP contribution < -0.4 is 20.2 Å². The van der Waals surface area contributed by atoms with Crippen LogP contribution in [-0.4, -0.2) is 31.1 Å². The molecule has 0 heterocycles. The van der Waals surface area contributed by atoms with Crippen LogP contribution in [0.1, 0.15) is 19.4 Å². The quantitative estimate of drug-likeness (QED) is 0.474. The molecular formula is C14H18N4O2S. The summed E-state index contributed by atoms with van der Waals surface area (Å²) in [6.45, 7) is 3.95. The topological polar surface area (TPSA) is 78.7 Å². The number of hydrogen-bond donors (Lipinski definition) is 2. The summed E-state index contributed by atoms with van der Waals surface area (Å²) < 4.78 is 10.5. The number of ether oxygens (including phenoxy) is 2. The summed E-state index contributed by atoms with van der Waals surface area (Å²) in [5.41, 5.74) is 3.54. The van der Waals surface area contributed by atoms with E-state index in [-0.39, 0.29) is 12.6 Å². The minimum atomic E-state index is -0.0273. The maximum Gasteiger partial charge on any atom is 0.187 e. The molecule has 0 aliphatic heterocycles. The fourth-order valence-electron chi connectivity index (χ4n) is 1.45. The van der Waals surface area contributed by atoms with Gasteiger partial charge in [-0.15, -0.1) is 0 Å². The number of rotatable bonds is 6. The van der Waals surface area contributed by atoms with Gasteiger partial charge in [-0.25, -0.2) is 0 Å². The molecule has 112 valence electrons. The largest absolute Gasteiger partial charge is 0.493 e. The number of nitrogens with one attached hydrogen (secondary N) is 2. The summed E-state index contributed by atoms with van der Waals surface area (Å²) >= 11 is 5.05. The van der Waals surface area contributed by atoms with Crippen molar-refractivity contribution < 1.29 is 9.47 Å². The van der Waals surface area contributed by atoms with E-state index < -0.39 is 0 Å². The highest BCUT2D eigenvalue weighted by Gasteiger charge is 2.04. The molecule has 0 saturated carbocycles. The van der Waals surface area contributed by atoms with Gasteiger partial charge in [0.15, 0.2) is 23.2 Å². The fourth-order valence-corrected chi connectivity index (χ4v) is 1.74. The Labute approximate surface area is 129 Å². The summed E-state index contributed by atoms with van der Waals surface area (Å²) in [4.78, 5) is 0.